The Morgan fingerprint density at radius 3 is 2.24 bits per heavy atom. The van der Waals surface area contributed by atoms with Gasteiger partial charge in [-0.25, -0.2) is 4.79 Å². The second-order valence-corrected chi connectivity index (χ2v) is 10.2. The first-order valence-electron chi connectivity index (χ1n) is 7.87. The minimum atomic E-state index is -0.446. The molecule has 3 rings (SSSR count). The van der Waals surface area contributed by atoms with Crippen LogP contribution in [0.2, 0.25) is 0 Å². The third-order valence-corrected chi connectivity index (χ3v) is 8.36. The van der Waals surface area contributed by atoms with Crippen molar-refractivity contribution in [3.63, 3.8) is 0 Å². The SMILES string of the molecule is CN(C(=O)NC1(c2ccccc2)SCCCS1)c1c(Br)cccc1Br. The lowest BCUT2D eigenvalue weighted by Gasteiger charge is -2.38. The van der Waals surface area contributed by atoms with Gasteiger partial charge in [0.2, 0.25) is 0 Å². The first-order chi connectivity index (χ1) is 12.0. The van der Waals surface area contributed by atoms with Crippen molar-refractivity contribution >= 4 is 67.1 Å². The van der Waals surface area contributed by atoms with E-state index in [-0.39, 0.29) is 6.03 Å². The fourth-order valence-corrected chi connectivity index (χ4v) is 7.26. The summed E-state index contributed by atoms with van der Waals surface area (Å²) in [6.07, 6.45) is 1.16. The van der Waals surface area contributed by atoms with Gasteiger partial charge in [0.05, 0.1) is 5.69 Å². The van der Waals surface area contributed by atoms with Gasteiger partial charge in [0, 0.05) is 16.0 Å². The number of halogens is 2. The van der Waals surface area contributed by atoms with Crippen molar-refractivity contribution < 1.29 is 4.79 Å². The number of carbonyl (C=O) groups is 1. The average molecular weight is 502 g/mol. The molecular weight excluding hydrogens is 484 g/mol. The van der Waals surface area contributed by atoms with Crippen LogP contribution in [-0.4, -0.2) is 24.6 Å². The Bertz CT molecular complexity index is 732. The van der Waals surface area contributed by atoms with Crippen molar-refractivity contribution in [2.24, 2.45) is 0 Å². The summed E-state index contributed by atoms with van der Waals surface area (Å²) in [4.78, 5) is 14.7. The van der Waals surface area contributed by atoms with Gasteiger partial charge >= 0.3 is 6.03 Å². The topological polar surface area (TPSA) is 32.3 Å². The minimum Gasteiger partial charge on any atom is -0.310 e. The molecule has 1 aliphatic rings. The number of anilines is 1. The van der Waals surface area contributed by atoms with Crippen LogP contribution in [0.5, 0.6) is 0 Å². The molecule has 0 saturated carbocycles. The molecule has 7 heteroatoms. The van der Waals surface area contributed by atoms with E-state index in [9.17, 15) is 4.79 Å². The fraction of sp³-hybridized carbons (Fsp3) is 0.278. The number of para-hydroxylation sites is 1. The van der Waals surface area contributed by atoms with Gasteiger partial charge < -0.3 is 5.32 Å². The van der Waals surface area contributed by atoms with E-state index in [2.05, 4.69) is 49.3 Å². The summed E-state index contributed by atoms with van der Waals surface area (Å²) in [6.45, 7) is 0. The molecule has 2 aromatic rings. The number of nitrogens with one attached hydrogen (secondary N) is 1. The van der Waals surface area contributed by atoms with Crippen molar-refractivity contribution in [3.05, 3.63) is 63.0 Å². The number of benzene rings is 2. The monoisotopic (exact) mass is 500 g/mol. The minimum absolute atomic E-state index is 0.127. The van der Waals surface area contributed by atoms with E-state index in [1.165, 1.54) is 0 Å². The van der Waals surface area contributed by atoms with Gasteiger partial charge in [-0.2, -0.15) is 0 Å². The number of rotatable bonds is 3. The van der Waals surface area contributed by atoms with E-state index in [0.717, 1.165) is 38.1 Å². The van der Waals surface area contributed by atoms with Crippen molar-refractivity contribution in [2.45, 2.75) is 10.6 Å². The van der Waals surface area contributed by atoms with Gasteiger partial charge in [0.15, 0.2) is 4.20 Å². The molecule has 0 bridgehead atoms. The van der Waals surface area contributed by atoms with E-state index in [0.29, 0.717) is 0 Å². The molecule has 0 spiro atoms. The fourth-order valence-electron chi connectivity index (χ4n) is 2.64. The van der Waals surface area contributed by atoms with E-state index in [1.54, 1.807) is 35.5 Å². The number of thioether (sulfide) groups is 2. The Morgan fingerprint density at radius 1 is 1.04 bits per heavy atom. The molecular formula is C18H18Br2N2OS2. The molecule has 0 aromatic heterocycles. The molecule has 3 nitrogen and oxygen atoms in total. The molecule has 0 aliphatic carbocycles. The summed E-state index contributed by atoms with van der Waals surface area (Å²) in [5.74, 6) is 2.06. The van der Waals surface area contributed by atoms with Crippen molar-refractivity contribution in [1.82, 2.24) is 5.32 Å². The van der Waals surface area contributed by atoms with Gasteiger partial charge in [0.1, 0.15) is 0 Å². The molecule has 1 fully saturated rings. The van der Waals surface area contributed by atoms with E-state index in [4.69, 9.17) is 0 Å². The third kappa shape index (κ3) is 4.21. The highest BCUT2D eigenvalue weighted by Gasteiger charge is 2.38. The molecule has 1 saturated heterocycles. The number of nitrogens with zero attached hydrogens (tertiary/aromatic N) is 1. The lowest BCUT2D eigenvalue weighted by atomic mass is 10.2. The highest BCUT2D eigenvalue weighted by molar-refractivity contribution is 9.11. The lowest BCUT2D eigenvalue weighted by Crippen LogP contribution is -2.48. The molecule has 0 atom stereocenters. The Morgan fingerprint density at radius 2 is 1.64 bits per heavy atom. The van der Waals surface area contributed by atoms with Crippen LogP contribution < -0.4 is 10.2 Å². The Balaban J connectivity index is 1.88. The normalized spacial score (nSPS) is 16.3. The van der Waals surface area contributed by atoms with Gasteiger partial charge in [-0.05, 0) is 67.5 Å². The predicted molar refractivity (Wildman–Crippen MR) is 116 cm³/mol. The highest BCUT2D eigenvalue weighted by atomic mass is 79.9. The lowest BCUT2D eigenvalue weighted by molar-refractivity contribution is 0.246. The molecule has 1 aliphatic heterocycles. The molecule has 2 amide bonds. The summed E-state index contributed by atoms with van der Waals surface area (Å²) in [5, 5.41) is 3.27. The molecule has 0 unspecified atom stereocenters. The Labute approximate surface area is 173 Å². The van der Waals surface area contributed by atoms with E-state index in [1.807, 2.05) is 36.4 Å². The summed E-state index contributed by atoms with van der Waals surface area (Å²) in [5.41, 5.74) is 1.94. The summed E-state index contributed by atoms with van der Waals surface area (Å²) >= 11 is 10.7. The maximum atomic E-state index is 13.0. The van der Waals surface area contributed by atoms with E-state index < -0.39 is 4.20 Å². The van der Waals surface area contributed by atoms with Gasteiger partial charge in [-0.15, -0.1) is 23.5 Å². The molecule has 132 valence electrons. The largest absolute Gasteiger partial charge is 0.323 e. The maximum absolute atomic E-state index is 13.0. The van der Waals surface area contributed by atoms with Crippen molar-refractivity contribution in [2.75, 3.05) is 23.5 Å². The second kappa shape index (κ2) is 8.37. The van der Waals surface area contributed by atoms with Crippen LogP contribution in [0.1, 0.15) is 12.0 Å². The Kier molecular flexibility index (Phi) is 6.41. The molecule has 1 N–H and O–H groups in total. The Hall–Kier alpha value is -0.630. The van der Waals surface area contributed by atoms with Crippen LogP contribution in [0.4, 0.5) is 10.5 Å². The predicted octanol–water partition coefficient (Wildman–Crippen LogP) is 6.04. The van der Waals surface area contributed by atoms with Crippen LogP contribution in [0, 0.1) is 0 Å². The van der Waals surface area contributed by atoms with Crippen LogP contribution in [-0.2, 0) is 4.20 Å². The van der Waals surface area contributed by atoms with Crippen LogP contribution in [0.3, 0.4) is 0 Å². The number of hydrogen-bond acceptors (Lipinski definition) is 3. The van der Waals surface area contributed by atoms with E-state index >= 15 is 0 Å². The summed E-state index contributed by atoms with van der Waals surface area (Å²) < 4.78 is 1.30. The zero-order valence-electron chi connectivity index (χ0n) is 13.7. The molecule has 1 heterocycles. The third-order valence-electron chi connectivity index (χ3n) is 3.90. The number of hydrogen-bond donors (Lipinski definition) is 1. The van der Waals surface area contributed by atoms with Crippen LogP contribution >= 0.6 is 55.4 Å². The highest BCUT2D eigenvalue weighted by Crippen LogP contribution is 2.48. The quantitative estimate of drug-likeness (QED) is 0.556. The van der Waals surface area contributed by atoms with Gasteiger partial charge in [-0.3, -0.25) is 4.90 Å². The van der Waals surface area contributed by atoms with Crippen molar-refractivity contribution in [1.29, 1.82) is 0 Å². The standard InChI is InChI=1S/C18H18Br2N2OS2/c1-22(16-14(19)9-5-10-15(16)20)17(23)21-18(24-11-6-12-25-18)13-7-3-2-4-8-13/h2-5,7-10H,6,11-12H2,1H3,(H,21,23). The second-order valence-electron chi connectivity index (χ2n) is 5.59. The number of amides is 2. The number of carbonyl (C=O) groups excluding carboxylic acids is 1. The van der Waals surface area contributed by atoms with Crippen LogP contribution in [0.15, 0.2) is 57.5 Å². The molecule has 0 radical (unpaired) electrons. The smallest absolute Gasteiger partial charge is 0.310 e. The first-order valence-corrected chi connectivity index (χ1v) is 11.4. The summed E-state index contributed by atoms with van der Waals surface area (Å²) in [6, 6.07) is 15.9. The van der Waals surface area contributed by atoms with Crippen molar-refractivity contribution in [3.8, 4) is 0 Å². The van der Waals surface area contributed by atoms with Crippen LogP contribution in [0.25, 0.3) is 0 Å². The average Bonchev–Trinajstić information content (AvgIpc) is 2.63. The molecule has 2 aromatic carbocycles. The van der Waals surface area contributed by atoms with Gasteiger partial charge in [-0.1, -0.05) is 36.4 Å². The number of urea groups is 1. The zero-order chi connectivity index (χ0) is 17.9. The zero-order valence-corrected chi connectivity index (χ0v) is 18.5. The summed E-state index contributed by atoms with van der Waals surface area (Å²) in [7, 11) is 1.79. The molecule has 25 heavy (non-hydrogen) atoms. The van der Waals surface area contributed by atoms with Gasteiger partial charge in [0.25, 0.3) is 0 Å². The maximum Gasteiger partial charge on any atom is 0.323 e. The first kappa shape index (κ1) is 19.1.